The summed E-state index contributed by atoms with van der Waals surface area (Å²) in [5, 5.41) is 0. The maximum atomic E-state index is 12.6. The summed E-state index contributed by atoms with van der Waals surface area (Å²) >= 11 is 0. The lowest BCUT2D eigenvalue weighted by molar-refractivity contribution is -0.146. The zero-order chi connectivity index (χ0) is 17.1. The number of rotatable bonds is 2. The maximum Gasteiger partial charge on any atom is 0.255 e. The fourth-order valence-electron chi connectivity index (χ4n) is 2.63. The quantitative estimate of drug-likeness (QED) is 0.778. The van der Waals surface area contributed by atoms with Crippen LogP contribution in [0.25, 0.3) is 0 Å². The van der Waals surface area contributed by atoms with Crippen LogP contribution in [0, 0.1) is 6.92 Å². The first-order valence-corrected chi connectivity index (χ1v) is 7.51. The Labute approximate surface area is 135 Å². The van der Waals surface area contributed by atoms with Gasteiger partial charge < -0.3 is 14.7 Å². The van der Waals surface area contributed by atoms with Gasteiger partial charge in [-0.15, -0.1) is 0 Å². The Balaban J connectivity index is 2.19. The number of amides is 3. The molecule has 0 aromatic carbocycles. The molecule has 1 aromatic heterocycles. The first kappa shape index (κ1) is 16.9. The number of hydrogen-bond donors (Lipinski definition) is 0. The van der Waals surface area contributed by atoms with Gasteiger partial charge in [0.15, 0.2) is 0 Å². The van der Waals surface area contributed by atoms with Crippen molar-refractivity contribution in [2.24, 2.45) is 0 Å². The third-order valence-corrected chi connectivity index (χ3v) is 3.96. The Morgan fingerprint density at radius 1 is 1.22 bits per heavy atom. The lowest BCUT2D eigenvalue weighted by Crippen LogP contribution is -2.61. The molecule has 0 radical (unpaired) electrons. The molecule has 1 fully saturated rings. The van der Waals surface area contributed by atoms with Crippen molar-refractivity contribution in [3.63, 3.8) is 0 Å². The fourth-order valence-corrected chi connectivity index (χ4v) is 2.63. The minimum Gasteiger partial charge on any atom is -0.347 e. The molecule has 2 heterocycles. The predicted molar refractivity (Wildman–Crippen MR) is 84.7 cm³/mol. The van der Waals surface area contributed by atoms with Gasteiger partial charge >= 0.3 is 0 Å². The number of piperazine rings is 1. The lowest BCUT2D eigenvalue weighted by atomic mass is 10.1. The van der Waals surface area contributed by atoms with Crippen molar-refractivity contribution in [1.82, 2.24) is 19.7 Å². The minimum absolute atomic E-state index is 0.158. The maximum absolute atomic E-state index is 12.6. The van der Waals surface area contributed by atoms with E-state index in [2.05, 4.69) is 4.98 Å². The van der Waals surface area contributed by atoms with E-state index in [0.717, 1.165) is 5.69 Å². The molecule has 1 aliphatic heterocycles. The Morgan fingerprint density at radius 3 is 2.43 bits per heavy atom. The predicted octanol–water partition coefficient (Wildman–Crippen LogP) is 0.151. The van der Waals surface area contributed by atoms with Crippen LogP contribution in [0.5, 0.6) is 0 Å². The third-order valence-electron chi connectivity index (χ3n) is 3.96. The van der Waals surface area contributed by atoms with Gasteiger partial charge in [-0.05, 0) is 19.1 Å². The number of carbonyl (C=O) groups is 3. The van der Waals surface area contributed by atoms with Crippen molar-refractivity contribution in [2.45, 2.75) is 19.9 Å². The molecule has 0 aliphatic carbocycles. The monoisotopic (exact) mass is 318 g/mol. The molecule has 0 bridgehead atoms. The van der Waals surface area contributed by atoms with Crippen LogP contribution in [-0.2, 0) is 9.59 Å². The van der Waals surface area contributed by atoms with E-state index in [4.69, 9.17) is 0 Å². The standard InChI is InChI=1S/C16H22N4O3/c1-11-5-6-13(9-17-11)15(22)19-7-8-20(12(2)21)14(10-19)16(23)18(3)4/h5-6,9,14H,7-8,10H2,1-4H3. The van der Waals surface area contributed by atoms with Crippen LogP contribution in [0.4, 0.5) is 0 Å². The molecule has 3 amide bonds. The lowest BCUT2D eigenvalue weighted by Gasteiger charge is -2.41. The molecular weight excluding hydrogens is 296 g/mol. The second-order valence-corrected chi connectivity index (χ2v) is 5.90. The summed E-state index contributed by atoms with van der Waals surface area (Å²) in [5.74, 6) is -0.508. The Kier molecular flexibility index (Phi) is 4.98. The second kappa shape index (κ2) is 6.76. The molecular formula is C16H22N4O3. The second-order valence-electron chi connectivity index (χ2n) is 5.90. The van der Waals surface area contributed by atoms with Crippen molar-refractivity contribution < 1.29 is 14.4 Å². The van der Waals surface area contributed by atoms with Gasteiger partial charge in [-0.25, -0.2) is 0 Å². The highest BCUT2D eigenvalue weighted by Gasteiger charge is 2.36. The van der Waals surface area contributed by atoms with Gasteiger partial charge in [0.05, 0.1) is 12.1 Å². The van der Waals surface area contributed by atoms with Crippen molar-refractivity contribution in [2.75, 3.05) is 33.7 Å². The summed E-state index contributed by atoms with van der Waals surface area (Å²) in [6.45, 7) is 4.25. The van der Waals surface area contributed by atoms with E-state index in [9.17, 15) is 14.4 Å². The van der Waals surface area contributed by atoms with Crippen LogP contribution in [0.15, 0.2) is 18.3 Å². The molecule has 7 nitrogen and oxygen atoms in total. The summed E-state index contributed by atoms with van der Waals surface area (Å²) in [5.41, 5.74) is 1.33. The minimum atomic E-state index is -0.640. The van der Waals surface area contributed by atoms with Crippen LogP contribution in [-0.4, -0.2) is 77.2 Å². The number of carbonyl (C=O) groups excluding carboxylic acids is 3. The van der Waals surface area contributed by atoms with Gasteiger partial charge in [0.2, 0.25) is 11.8 Å². The summed E-state index contributed by atoms with van der Waals surface area (Å²) in [7, 11) is 3.29. The molecule has 1 unspecified atom stereocenters. The van der Waals surface area contributed by atoms with Crippen LogP contribution in [0.3, 0.4) is 0 Å². The first-order valence-electron chi connectivity index (χ1n) is 7.51. The average molecular weight is 318 g/mol. The van der Waals surface area contributed by atoms with Crippen molar-refractivity contribution in [3.8, 4) is 0 Å². The fraction of sp³-hybridized carbons (Fsp3) is 0.500. The molecule has 1 atom stereocenters. The highest BCUT2D eigenvalue weighted by Crippen LogP contribution is 2.15. The van der Waals surface area contributed by atoms with Gasteiger partial charge in [-0.1, -0.05) is 0 Å². The molecule has 0 saturated carbocycles. The van der Waals surface area contributed by atoms with E-state index >= 15 is 0 Å². The number of aromatic nitrogens is 1. The number of likely N-dealkylation sites (N-methyl/N-ethyl adjacent to an activating group) is 1. The third kappa shape index (κ3) is 3.67. The highest BCUT2D eigenvalue weighted by atomic mass is 16.2. The summed E-state index contributed by atoms with van der Waals surface area (Å²) in [6.07, 6.45) is 1.54. The number of aryl methyl sites for hydroxylation is 1. The summed E-state index contributed by atoms with van der Waals surface area (Å²) in [4.78, 5) is 45.4. The van der Waals surface area contributed by atoms with E-state index in [1.165, 1.54) is 22.9 Å². The van der Waals surface area contributed by atoms with Crippen LogP contribution >= 0.6 is 0 Å². The van der Waals surface area contributed by atoms with Crippen molar-refractivity contribution in [3.05, 3.63) is 29.6 Å². The number of pyridine rings is 1. The highest BCUT2D eigenvalue weighted by molar-refractivity contribution is 5.95. The Morgan fingerprint density at radius 2 is 1.91 bits per heavy atom. The molecule has 1 aromatic rings. The van der Waals surface area contributed by atoms with E-state index in [1.54, 1.807) is 31.1 Å². The van der Waals surface area contributed by atoms with E-state index < -0.39 is 6.04 Å². The van der Waals surface area contributed by atoms with Gasteiger partial charge in [-0.3, -0.25) is 19.4 Å². The van der Waals surface area contributed by atoms with E-state index in [0.29, 0.717) is 18.7 Å². The number of hydrogen-bond acceptors (Lipinski definition) is 4. The molecule has 23 heavy (non-hydrogen) atoms. The number of nitrogens with zero attached hydrogens (tertiary/aromatic N) is 4. The molecule has 7 heteroatoms. The van der Waals surface area contributed by atoms with Crippen molar-refractivity contribution >= 4 is 17.7 Å². The van der Waals surface area contributed by atoms with E-state index in [1.807, 2.05) is 6.92 Å². The molecule has 124 valence electrons. The summed E-state index contributed by atoms with van der Waals surface area (Å²) in [6, 6.07) is 2.87. The summed E-state index contributed by atoms with van der Waals surface area (Å²) < 4.78 is 0. The average Bonchev–Trinajstić information content (AvgIpc) is 2.53. The molecule has 1 aliphatic rings. The SMILES string of the molecule is CC(=O)N1CCN(C(=O)c2ccc(C)nc2)CC1C(=O)N(C)C. The van der Waals surface area contributed by atoms with Crippen LogP contribution < -0.4 is 0 Å². The van der Waals surface area contributed by atoms with Crippen LogP contribution in [0.2, 0.25) is 0 Å². The van der Waals surface area contributed by atoms with Gasteiger partial charge in [0.25, 0.3) is 5.91 Å². The van der Waals surface area contributed by atoms with E-state index in [-0.39, 0.29) is 24.3 Å². The smallest absolute Gasteiger partial charge is 0.255 e. The normalized spacial score (nSPS) is 17.8. The molecule has 0 spiro atoms. The van der Waals surface area contributed by atoms with Gasteiger partial charge in [0, 0.05) is 46.0 Å². The zero-order valence-electron chi connectivity index (χ0n) is 13.9. The largest absolute Gasteiger partial charge is 0.347 e. The van der Waals surface area contributed by atoms with Gasteiger partial charge in [-0.2, -0.15) is 0 Å². The first-order chi connectivity index (χ1) is 10.8. The molecule has 2 rings (SSSR count). The Bertz CT molecular complexity index is 612. The van der Waals surface area contributed by atoms with Gasteiger partial charge in [0.1, 0.15) is 6.04 Å². The van der Waals surface area contributed by atoms with Crippen LogP contribution in [0.1, 0.15) is 23.0 Å². The van der Waals surface area contributed by atoms with Crippen molar-refractivity contribution in [1.29, 1.82) is 0 Å². The Hall–Kier alpha value is -2.44. The zero-order valence-corrected chi connectivity index (χ0v) is 13.9. The molecule has 1 saturated heterocycles. The topological polar surface area (TPSA) is 73.8 Å². The molecule has 0 N–H and O–H groups in total.